The van der Waals surface area contributed by atoms with Crippen molar-refractivity contribution in [1.82, 2.24) is 25.1 Å². The summed E-state index contributed by atoms with van der Waals surface area (Å²) in [5, 5.41) is 14.8. The highest BCUT2D eigenvalue weighted by Crippen LogP contribution is 2.25. The van der Waals surface area contributed by atoms with Gasteiger partial charge in [-0.15, -0.1) is 5.10 Å². The number of halogens is 2. The first kappa shape index (κ1) is 18.6. The Bertz CT molecular complexity index is 1170. The normalized spacial score (nSPS) is 10.8. The number of hydrogen-bond donors (Lipinski definition) is 2. The van der Waals surface area contributed by atoms with Gasteiger partial charge < -0.3 is 15.6 Å². The van der Waals surface area contributed by atoms with E-state index in [1.54, 1.807) is 24.3 Å². The molecule has 4 aromatic rings. The summed E-state index contributed by atoms with van der Waals surface area (Å²) in [7, 11) is 0. The van der Waals surface area contributed by atoms with Crippen LogP contribution in [0.5, 0.6) is 0 Å². The highest BCUT2D eigenvalue weighted by Gasteiger charge is 2.20. The third-order valence-electron chi connectivity index (χ3n) is 3.91. The summed E-state index contributed by atoms with van der Waals surface area (Å²) in [4.78, 5) is 16.4. The maximum absolute atomic E-state index is 13.0. The van der Waals surface area contributed by atoms with Crippen molar-refractivity contribution in [2.24, 2.45) is 0 Å². The van der Waals surface area contributed by atoms with E-state index >= 15 is 0 Å². The van der Waals surface area contributed by atoms with Gasteiger partial charge in [-0.2, -0.15) is 4.98 Å². The average molecular weight is 414 g/mol. The number of hydrogen-bond acceptors (Lipinski definition) is 7. The Morgan fingerprint density at radius 1 is 1.24 bits per heavy atom. The number of anilines is 2. The van der Waals surface area contributed by atoms with Gasteiger partial charge in [-0.3, -0.25) is 4.79 Å². The maximum atomic E-state index is 13.0. The van der Waals surface area contributed by atoms with Gasteiger partial charge in [-0.1, -0.05) is 28.0 Å². The topological polar surface area (TPSA) is 125 Å². The van der Waals surface area contributed by atoms with Gasteiger partial charge in [-0.05, 0) is 42.5 Å². The van der Waals surface area contributed by atoms with Gasteiger partial charge >= 0.3 is 0 Å². The number of amides is 1. The lowest BCUT2D eigenvalue weighted by molar-refractivity contribution is -0.116. The van der Waals surface area contributed by atoms with Crippen LogP contribution in [-0.2, 0) is 11.3 Å². The summed E-state index contributed by atoms with van der Waals surface area (Å²) < 4.78 is 19.4. The zero-order valence-electron chi connectivity index (χ0n) is 14.7. The number of nitrogens with one attached hydrogen (secondary N) is 1. The van der Waals surface area contributed by atoms with Gasteiger partial charge in [0.05, 0.1) is 0 Å². The maximum Gasteiger partial charge on any atom is 0.282 e. The third-order valence-corrected chi connectivity index (χ3v) is 4.14. The van der Waals surface area contributed by atoms with Crippen LogP contribution in [0.25, 0.3) is 23.0 Å². The lowest BCUT2D eigenvalue weighted by Crippen LogP contribution is -2.20. The van der Waals surface area contributed by atoms with Crippen molar-refractivity contribution in [3.63, 3.8) is 0 Å². The van der Waals surface area contributed by atoms with Gasteiger partial charge in [0.15, 0.2) is 11.5 Å². The minimum Gasteiger partial charge on any atom is -0.382 e. The predicted octanol–water partition coefficient (Wildman–Crippen LogP) is 3.01. The van der Waals surface area contributed by atoms with E-state index in [-0.39, 0.29) is 41.5 Å². The van der Waals surface area contributed by atoms with Gasteiger partial charge in [0.2, 0.25) is 11.7 Å². The van der Waals surface area contributed by atoms with Crippen LogP contribution in [-0.4, -0.2) is 31.0 Å². The molecule has 2 heterocycles. The first-order valence-electron chi connectivity index (χ1n) is 8.34. The fourth-order valence-electron chi connectivity index (χ4n) is 2.53. The molecule has 1 amide bonds. The van der Waals surface area contributed by atoms with Crippen molar-refractivity contribution >= 4 is 29.0 Å². The van der Waals surface area contributed by atoms with E-state index in [0.717, 1.165) is 0 Å². The lowest BCUT2D eigenvalue weighted by Gasteiger charge is -2.06. The molecule has 0 fully saturated rings. The summed E-state index contributed by atoms with van der Waals surface area (Å²) >= 11 is 5.90. The molecule has 3 N–H and O–H groups in total. The molecule has 9 nitrogen and oxygen atoms in total. The van der Waals surface area contributed by atoms with Crippen molar-refractivity contribution < 1.29 is 13.7 Å². The number of carbonyl (C=O) groups excluding carboxylic acids is 1. The number of nitrogens with zero attached hydrogens (tertiary/aromatic N) is 5. The van der Waals surface area contributed by atoms with Crippen LogP contribution in [0.3, 0.4) is 0 Å². The molecule has 0 unspecified atom stereocenters. The van der Waals surface area contributed by atoms with E-state index in [0.29, 0.717) is 16.3 Å². The van der Waals surface area contributed by atoms with E-state index in [1.807, 2.05) is 0 Å². The van der Waals surface area contributed by atoms with E-state index in [2.05, 4.69) is 25.8 Å². The molecule has 0 saturated heterocycles. The predicted molar refractivity (Wildman–Crippen MR) is 103 cm³/mol. The monoisotopic (exact) mass is 413 g/mol. The van der Waals surface area contributed by atoms with E-state index < -0.39 is 0 Å². The van der Waals surface area contributed by atoms with Crippen LogP contribution in [0.4, 0.5) is 15.9 Å². The molecular weight excluding hydrogens is 401 g/mol. The largest absolute Gasteiger partial charge is 0.382 e. The molecule has 0 spiro atoms. The Labute approximate surface area is 168 Å². The van der Waals surface area contributed by atoms with E-state index in [1.165, 1.54) is 28.9 Å². The zero-order valence-corrected chi connectivity index (χ0v) is 15.5. The molecule has 0 saturated carbocycles. The Hall–Kier alpha value is -3.79. The van der Waals surface area contributed by atoms with Crippen molar-refractivity contribution in [3.05, 3.63) is 59.4 Å². The molecule has 4 rings (SSSR count). The number of nitrogen functional groups attached to an aromatic ring is 1. The van der Waals surface area contributed by atoms with Crippen molar-refractivity contribution in [2.75, 3.05) is 11.1 Å². The van der Waals surface area contributed by atoms with Crippen LogP contribution in [0.2, 0.25) is 5.02 Å². The quantitative estimate of drug-likeness (QED) is 0.515. The highest BCUT2D eigenvalue weighted by molar-refractivity contribution is 6.30. The summed E-state index contributed by atoms with van der Waals surface area (Å²) in [5.74, 6) is -0.384. The lowest BCUT2D eigenvalue weighted by atomic mass is 10.2. The first-order chi connectivity index (χ1) is 14.0. The second kappa shape index (κ2) is 7.68. The second-order valence-corrected chi connectivity index (χ2v) is 6.41. The van der Waals surface area contributed by atoms with Crippen molar-refractivity contribution in [3.8, 4) is 23.0 Å². The minimum atomic E-state index is -0.374. The molecule has 29 heavy (non-hydrogen) atoms. The molecular formula is C18H13ClFN7O2. The molecule has 0 atom stereocenters. The van der Waals surface area contributed by atoms with Crippen LogP contribution in [0, 0.1) is 5.82 Å². The number of nitrogens with two attached hydrogens (primary N) is 1. The number of rotatable bonds is 5. The van der Waals surface area contributed by atoms with Crippen LogP contribution in [0.1, 0.15) is 0 Å². The van der Waals surface area contributed by atoms with E-state index in [4.69, 9.17) is 21.9 Å². The summed E-state index contributed by atoms with van der Waals surface area (Å²) in [5.41, 5.74) is 7.28. The van der Waals surface area contributed by atoms with Gasteiger partial charge in [0.25, 0.3) is 5.89 Å². The van der Waals surface area contributed by atoms with Crippen LogP contribution >= 0.6 is 11.6 Å². The van der Waals surface area contributed by atoms with Crippen molar-refractivity contribution in [2.45, 2.75) is 6.54 Å². The highest BCUT2D eigenvalue weighted by atomic mass is 35.5. The Balaban J connectivity index is 1.50. The smallest absolute Gasteiger partial charge is 0.282 e. The third kappa shape index (κ3) is 4.06. The molecule has 2 aromatic heterocycles. The average Bonchev–Trinajstić information content (AvgIpc) is 3.30. The Morgan fingerprint density at radius 3 is 2.79 bits per heavy atom. The first-order valence-corrected chi connectivity index (χ1v) is 8.72. The number of carbonyl (C=O) groups is 1. The zero-order chi connectivity index (χ0) is 20.4. The molecule has 0 aliphatic heterocycles. The Morgan fingerprint density at radius 2 is 2.03 bits per heavy atom. The molecule has 0 radical (unpaired) electrons. The second-order valence-electron chi connectivity index (χ2n) is 5.97. The van der Waals surface area contributed by atoms with E-state index in [9.17, 15) is 9.18 Å². The van der Waals surface area contributed by atoms with Crippen LogP contribution < -0.4 is 11.1 Å². The van der Waals surface area contributed by atoms with Gasteiger partial charge in [-0.25, -0.2) is 9.07 Å². The molecule has 0 aliphatic rings. The number of aromatic nitrogens is 5. The number of benzene rings is 2. The molecule has 11 heteroatoms. The molecule has 0 bridgehead atoms. The fourth-order valence-corrected chi connectivity index (χ4v) is 2.72. The summed E-state index contributed by atoms with van der Waals surface area (Å²) in [6, 6.07) is 12.3. The molecule has 0 aliphatic carbocycles. The SMILES string of the molecule is Nc1c(-c2nc(-c3ccc(F)cc3)no2)nnn1CC(=O)Nc1cccc(Cl)c1. The van der Waals surface area contributed by atoms with Gasteiger partial charge in [0, 0.05) is 16.3 Å². The summed E-state index contributed by atoms with van der Waals surface area (Å²) in [6.45, 7) is -0.176. The standard InChI is InChI=1S/C18H13ClFN7O2/c19-11-2-1-3-13(8-11)22-14(28)9-27-16(21)15(24-26-27)18-23-17(25-29-18)10-4-6-12(20)7-5-10/h1-8H,9,21H2,(H,22,28). The van der Waals surface area contributed by atoms with Crippen LogP contribution in [0.15, 0.2) is 53.1 Å². The molecule has 2 aromatic carbocycles. The summed E-state index contributed by atoms with van der Waals surface area (Å²) in [6.07, 6.45) is 0. The fraction of sp³-hybridized carbons (Fsp3) is 0.0556. The Kier molecular flexibility index (Phi) is 4.92. The minimum absolute atomic E-state index is 0.0309. The van der Waals surface area contributed by atoms with Crippen molar-refractivity contribution in [1.29, 1.82) is 0 Å². The van der Waals surface area contributed by atoms with Gasteiger partial charge in [0.1, 0.15) is 12.4 Å². The molecule has 146 valence electrons.